The molecule has 0 aliphatic rings. The first-order chi connectivity index (χ1) is 8.97. The Labute approximate surface area is 113 Å². The van der Waals surface area contributed by atoms with E-state index in [4.69, 9.17) is 0 Å². The topological polar surface area (TPSA) is 17.1 Å². The molecule has 0 aliphatic carbocycles. The average molecular weight is 256 g/mol. The van der Waals surface area contributed by atoms with Crippen molar-refractivity contribution in [1.82, 2.24) is 0 Å². The summed E-state index contributed by atoms with van der Waals surface area (Å²) in [5.74, 6) is -0.621. The number of hydrogen-bond acceptors (Lipinski definition) is 1. The van der Waals surface area contributed by atoms with Crippen molar-refractivity contribution in [2.24, 2.45) is 0 Å². The van der Waals surface area contributed by atoms with Crippen LogP contribution in [0.4, 0.5) is 4.39 Å². The Bertz CT molecular complexity index is 629. The van der Waals surface area contributed by atoms with Gasteiger partial charge in [0.05, 0.1) is 5.56 Å². The van der Waals surface area contributed by atoms with Crippen LogP contribution >= 0.6 is 0 Å². The van der Waals surface area contributed by atoms with Crippen molar-refractivity contribution >= 4 is 5.78 Å². The standard InChI is InChI=1S/C17H17FO/c1-11-4-7-16(18)15(8-11)17(19)10-14-6-5-12(2)13(3)9-14/h4-9H,10H2,1-3H3. The van der Waals surface area contributed by atoms with Crippen LogP contribution in [0.25, 0.3) is 0 Å². The minimum atomic E-state index is -0.445. The van der Waals surface area contributed by atoms with Gasteiger partial charge in [0, 0.05) is 6.42 Å². The Morgan fingerprint density at radius 3 is 2.42 bits per heavy atom. The Morgan fingerprint density at radius 1 is 1.00 bits per heavy atom. The minimum Gasteiger partial charge on any atom is -0.294 e. The lowest BCUT2D eigenvalue weighted by atomic mass is 9.98. The Morgan fingerprint density at radius 2 is 1.74 bits per heavy atom. The monoisotopic (exact) mass is 256 g/mol. The van der Waals surface area contributed by atoms with Crippen LogP contribution in [-0.2, 0) is 6.42 Å². The van der Waals surface area contributed by atoms with Gasteiger partial charge in [-0.3, -0.25) is 4.79 Å². The summed E-state index contributed by atoms with van der Waals surface area (Å²) in [6.45, 7) is 5.89. The highest BCUT2D eigenvalue weighted by molar-refractivity contribution is 5.97. The zero-order chi connectivity index (χ0) is 14.0. The second-order valence-corrected chi connectivity index (χ2v) is 5.00. The van der Waals surface area contributed by atoms with E-state index in [0.717, 1.165) is 16.7 Å². The third kappa shape index (κ3) is 3.08. The van der Waals surface area contributed by atoms with Gasteiger partial charge in [0.15, 0.2) is 5.78 Å². The summed E-state index contributed by atoms with van der Waals surface area (Å²) in [6, 6.07) is 10.5. The molecule has 0 N–H and O–H groups in total. The number of benzene rings is 2. The quantitative estimate of drug-likeness (QED) is 0.753. The van der Waals surface area contributed by atoms with Gasteiger partial charge in [-0.1, -0.05) is 29.8 Å². The van der Waals surface area contributed by atoms with Crippen LogP contribution in [0, 0.1) is 26.6 Å². The van der Waals surface area contributed by atoms with E-state index in [2.05, 4.69) is 0 Å². The summed E-state index contributed by atoms with van der Waals surface area (Å²) in [4.78, 5) is 12.1. The summed E-state index contributed by atoms with van der Waals surface area (Å²) in [6.07, 6.45) is 0.238. The number of carbonyl (C=O) groups is 1. The number of ketones is 1. The molecule has 98 valence electrons. The van der Waals surface area contributed by atoms with E-state index < -0.39 is 5.82 Å². The van der Waals surface area contributed by atoms with Gasteiger partial charge in [0.1, 0.15) is 5.82 Å². The van der Waals surface area contributed by atoms with Crippen LogP contribution in [-0.4, -0.2) is 5.78 Å². The fraction of sp³-hybridized carbons (Fsp3) is 0.235. The highest BCUT2D eigenvalue weighted by Crippen LogP contribution is 2.15. The van der Waals surface area contributed by atoms with E-state index in [9.17, 15) is 9.18 Å². The largest absolute Gasteiger partial charge is 0.294 e. The van der Waals surface area contributed by atoms with Gasteiger partial charge in [-0.05, 0) is 49.6 Å². The lowest BCUT2D eigenvalue weighted by Crippen LogP contribution is -2.07. The van der Waals surface area contributed by atoms with Crippen molar-refractivity contribution in [3.05, 3.63) is 70.0 Å². The van der Waals surface area contributed by atoms with Gasteiger partial charge in [-0.15, -0.1) is 0 Å². The maximum absolute atomic E-state index is 13.6. The van der Waals surface area contributed by atoms with E-state index in [1.807, 2.05) is 39.0 Å². The van der Waals surface area contributed by atoms with Crippen LogP contribution in [0.1, 0.15) is 32.6 Å². The molecular weight excluding hydrogens is 239 g/mol. The molecule has 2 aromatic rings. The van der Waals surface area contributed by atoms with E-state index in [1.165, 1.54) is 11.6 Å². The zero-order valence-electron chi connectivity index (χ0n) is 11.5. The van der Waals surface area contributed by atoms with E-state index in [0.29, 0.717) is 0 Å². The normalized spacial score (nSPS) is 10.5. The van der Waals surface area contributed by atoms with Crippen molar-refractivity contribution in [1.29, 1.82) is 0 Å². The van der Waals surface area contributed by atoms with Gasteiger partial charge in [-0.25, -0.2) is 4.39 Å². The number of carbonyl (C=O) groups excluding carboxylic acids is 1. The molecule has 0 heterocycles. The third-order valence-electron chi connectivity index (χ3n) is 3.36. The van der Waals surface area contributed by atoms with Gasteiger partial charge in [0.2, 0.25) is 0 Å². The predicted molar refractivity (Wildman–Crippen MR) is 75.1 cm³/mol. The lowest BCUT2D eigenvalue weighted by molar-refractivity contribution is 0.0989. The molecule has 0 radical (unpaired) electrons. The fourth-order valence-electron chi connectivity index (χ4n) is 2.05. The van der Waals surface area contributed by atoms with Crippen LogP contribution in [0.15, 0.2) is 36.4 Å². The molecule has 0 unspecified atom stereocenters. The summed E-state index contributed by atoms with van der Waals surface area (Å²) in [5, 5.41) is 0. The second kappa shape index (κ2) is 5.35. The molecule has 0 atom stereocenters. The molecule has 0 bridgehead atoms. The summed E-state index contributed by atoms with van der Waals surface area (Å²) < 4.78 is 13.6. The van der Waals surface area contributed by atoms with Crippen LogP contribution in [0.3, 0.4) is 0 Å². The van der Waals surface area contributed by atoms with Crippen molar-refractivity contribution in [2.75, 3.05) is 0 Å². The zero-order valence-corrected chi connectivity index (χ0v) is 11.5. The van der Waals surface area contributed by atoms with Crippen molar-refractivity contribution in [3.63, 3.8) is 0 Å². The van der Waals surface area contributed by atoms with Crippen LogP contribution in [0.2, 0.25) is 0 Å². The molecule has 2 rings (SSSR count). The summed E-state index contributed by atoms with van der Waals surface area (Å²) in [7, 11) is 0. The van der Waals surface area contributed by atoms with Crippen LogP contribution < -0.4 is 0 Å². The number of rotatable bonds is 3. The number of hydrogen-bond donors (Lipinski definition) is 0. The van der Waals surface area contributed by atoms with Gasteiger partial charge in [0.25, 0.3) is 0 Å². The Hall–Kier alpha value is -1.96. The van der Waals surface area contributed by atoms with Crippen LogP contribution in [0.5, 0.6) is 0 Å². The molecule has 0 saturated heterocycles. The minimum absolute atomic E-state index is 0.176. The maximum atomic E-state index is 13.6. The summed E-state index contributed by atoms with van der Waals surface area (Å²) >= 11 is 0. The van der Waals surface area contributed by atoms with Gasteiger partial charge >= 0.3 is 0 Å². The maximum Gasteiger partial charge on any atom is 0.170 e. The Balaban J connectivity index is 2.25. The molecule has 0 amide bonds. The van der Waals surface area contributed by atoms with E-state index >= 15 is 0 Å². The fourth-order valence-corrected chi connectivity index (χ4v) is 2.05. The SMILES string of the molecule is Cc1ccc(F)c(C(=O)Cc2ccc(C)c(C)c2)c1. The molecule has 0 spiro atoms. The second-order valence-electron chi connectivity index (χ2n) is 5.00. The molecule has 1 nitrogen and oxygen atoms in total. The van der Waals surface area contributed by atoms with E-state index in [-0.39, 0.29) is 17.8 Å². The first-order valence-corrected chi connectivity index (χ1v) is 6.33. The van der Waals surface area contributed by atoms with Gasteiger partial charge < -0.3 is 0 Å². The molecule has 19 heavy (non-hydrogen) atoms. The number of Topliss-reactive ketones (excluding diaryl/α,β-unsaturated/α-hetero) is 1. The summed E-state index contributed by atoms with van der Waals surface area (Å²) in [5.41, 5.74) is 4.34. The molecule has 0 aliphatic heterocycles. The molecule has 2 aromatic carbocycles. The number of halogens is 1. The molecule has 0 fully saturated rings. The number of aryl methyl sites for hydroxylation is 3. The predicted octanol–water partition coefficient (Wildman–Crippen LogP) is 4.18. The van der Waals surface area contributed by atoms with E-state index in [1.54, 1.807) is 12.1 Å². The van der Waals surface area contributed by atoms with Crippen molar-refractivity contribution in [2.45, 2.75) is 27.2 Å². The molecule has 2 heteroatoms. The first-order valence-electron chi connectivity index (χ1n) is 6.33. The molecular formula is C17H17FO. The molecule has 0 saturated carbocycles. The third-order valence-corrected chi connectivity index (χ3v) is 3.36. The highest BCUT2D eigenvalue weighted by atomic mass is 19.1. The Kier molecular flexibility index (Phi) is 3.79. The van der Waals surface area contributed by atoms with Crippen molar-refractivity contribution < 1.29 is 9.18 Å². The van der Waals surface area contributed by atoms with Gasteiger partial charge in [-0.2, -0.15) is 0 Å². The highest BCUT2D eigenvalue weighted by Gasteiger charge is 2.12. The average Bonchev–Trinajstić information content (AvgIpc) is 2.36. The smallest absolute Gasteiger partial charge is 0.170 e. The first kappa shape index (κ1) is 13.5. The molecule has 0 aromatic heterocycles. The lowest BCUT2D eigenvalue weighted by Gasteiger charge is -2.06. The van der Waals surface area contributed by atoms with Crippen molar-refractivity contribution in [3.8, 4) is 0 Å².